The molecule has 7 nitrogen and oxygen atoms in total. The summed E-state index contributed by atoms with van der Waals surface area (Å²) < 4.78 is 10.4. The summed E-state index contributed by atoms with van der Waals surface area (Å²) in [5.41, 5.74) is 0.160. The molecule has 0 aromatic heterocycles. The minimum Gasteiger partial charge on any atom is -0.491 e. The summed E-state index contributed by atoms with van der Waals surface area (Å²) in [6.07, 6.45) is 4.33. The molecule has 3 N–H and O–H groups in total. The standard InChI is InChI=1S/C19H29N3O4/c1-20-17(23)19(10-4-3-5-11-19)22-18(24)21-14-15-6-8-16(9-7-15)26-13-12-25-2/h6-9H,3-5,10-14H2,1-2H3,(H,20,23)(H2,21,22,24). The minimum absolute atomic E-state index is 0.120. The van der Waals surface area contributed by atoms with Gasteiger partial charge >= 0.3 is 6.03 Å². The first-order valence-electron chi connectivity index (χ1n) is 9.08. The normalized spacial score (nSPS) is 15.8. The van der Waals surface area contributed by atoms with Gasteiger partial charge in [-0.25, -0.2) is 4.79 Å². The zero-order valence-electron chi connectivity index (χ0n) is 15.6. The van der Waals surface area contributed by atoms with Crippen LogP contribution in [0.1, 0.15) is 37.7 Å². The second-order valence-electron chi connectivity index (χ2n) is 6.51. The van der Waals surface area contributed by atoms with Crippen molar-refractivity contribution < 1.29 is 19.1 Å². The number of urea groups is 1. The third kappa shape index (κ3) is 5.62. The number of ether oxygens (including phenoxy) is 2. The Bertz CT molecular complexity index is 583. The van der Waals surface area contributed by atoms with Gasteiger partial charge in [-0.1, -0.05) is 31.4 Å². The molecule has 3 amide bonds. The summed E-state index contributed by atoms with van der Waals surface area (Å²) in [6, 6.07) is 7.20. The van der Waals surface area contributed by atoms with Gasteiger partial charge < -0.3 is 25.4 Å². The number of methoxy groups -OCH3 is 1. The van der Waals surface area contributed by atoms with Crippen LogP contribution in [0.25, 0.3) is 0 Å². The fourth-order valence-electron chi connectivity index (χ4n) is 3.19. The van der Waals surface area contributed by atoms with E-state index in [0.717, 1.165) is 30.6 Å². The van der Waals surface area contributed by atoms with Gasteiger partial charge in [-0.3, -0.25) is 4.79 Å². The van der Waals surface area contributed by atoms with Crippen LogP contribution in [-0.2, 0) is 16.1 Å². The quantitative estimate of drug-likeness (QED) is 0.616. The Morgan fingerprint density at radius 3 is 2.38 bits per heavy atom. The monoisotopic (exact) mass is 363 g/mol. The molecular weight excluding hydrogens is 334 g/mol. The number of amides is 3. The lowest BCUT2D eigenvalue weighted by atomic mass is 9.81. The largest absolute Gasteiger partial charge is 0.491 e. The Morgan fingerprint density at radius 2 is 1.77 bits per heavy atom. The van der Waals surface area contributed by atoms with Gasteiger partial charge in [0, 0.05) is 20.7 Å². The van der Waals surface area contributed by atoms with Crippen LogP contribution in [0.4, 0.5) is 4.79 Å². The summed E-state index contributed by atoms with van der Waals surface area (Å²) in [5.74, 6) is 0.640. The first-order valence-corrected chi connectivity index (χ1v) is 9.08. The van der Waals surface area contributed by atoms with Crippen molar-refractivity contribution in [3.05, 3.63) is 29.8 Å². The van der Waals surface area contributed by atoms with Crippen LogP contribution in [0, 0.1) is 0 Å². The molecule has 144 valence electrons. The lowest BCUT2D eigenvalue weighted by molar-refractivity contribution is -0.128. The smallest absolute Gasteiger partial charge is 0.315 e. The summed E-state index contributed by atoms with van der Waals surface area (Å²) in [7, 11) is 3.24. The van der Waals surface area contributed by atoms with Gasteiger partial charge in [0.1, 0.15) is 17.9 Å². The zero-order valence-corrected chi connectivity index (χ0v) is 15.6. The molecule has 1 aromatic rings. The average molecular weight is 363 g/mol. The fourth-order valence-corrected chi connectivity index (χ4v) is 3.19. The summed E-state index contributed by atoms with van der Waals surface area (Å²) in [6.45, 7) is 1.42. The molecule has 1 fully saturated rings. The maximum absolute atomic E-state index is 12.3. The molecule has 0 spiro atoms. The Labute approximate surface area is 154 Å². The highest BCUT2D eigenvalue weighted by atomic mass is 16.5. The van der Waals surface area contributed by atoms with E-state index in [4.69, 9.17) is 9.47 Å². The van der Waals surface area contributed by atoms with Crippen molar-refractivity contribution in [2.24, 2.45) is 0 Å². The van der Waals surface area contributed by atoms with Crippen molar-refractivity contribution >= 4 is 11.9 Å². The minimum atomic E-state index is -0.796. The van der Waals surface area contributed by atoms with E-state index in [1.165, 1.54) is 0 Å². The van der Waals surface area contributed by atoms with Gasteiger partial charge in [0.05, 0.1) is 6.61 Å². The summed E-state index contributed by atoms with van der Waals surface area (Å²) in [4.78, 5) is 24.6. The first-order chi connectivity index (χ1) is 12.6. The first kappa shape index (κ1) is 20.0. The molecule has 0 heterocycles. The number of carbonyl (C=O) groups excluding carboxylic acids is 2. The second kappa shape index (κ2) is 10.0. The molecule has 0 atom stereocenters. The molecule has 0 aliphatic heterocycles. The summed E-state index contributed by atoms with van der Waals surface area (Å²) in [5, 5.41) is 8.41. The van der Waals surface area contributed by atoms with Crippen LogP contribution in [0.15, 0.2) is 24.3 Å². The van der Waals surface area contributed by atoms with Crippen LogP contribution in [0.3, 0.4) is 0 Å². The van der Waals surface area contributed by atoms with E-state index in [0.29, 0.717) is 32.6 Å². The van der Waals surface area contributed by atoms with Crippen molar-refractivity contribution in [3.63, 3.8) is 0 Å². The van der Waals surface area contributed by atoms with E-state index in [9.17, 15) is 9.59 Å². The molecule has 1 aliphatic rings. The predicted molar refractivity (Wildman–Crippen MR) is 99.1 cm³/mol. The van der Waals surface area contributed by atoms with Crippen molar-refractivity contribution in [2.45, 2.75) is 44.2 Å². The highest BCUT2D eigenvalue weighted by Gasteiger charge is 2.40. The molecule has 1 aliphatic carbocycles. The zero-order chi connectivity index (χ0) is 18.8. The Kier molecular flexibility index (Phi) is 7.72. The topological polar surface area (TPSA) is 88.7 Å². The van der Waals surface area contributed by atoms with Gasteiger partial charge in [0.2, 0.25) is 5.91 Å². The van der Waals surface area contributed by atoms with Crippen LogP contribution in [0.5, 0.6) is 5.75 Å². The Hall–Kier alpha value is -2.28. The highest BCUT2D eigenvalue weighted by molar-refractivity contribution is 5.91. The van der Waals surface area contributed by atoms with Crippen molar-refractivity contribution in [2.75, 3.05) is 27.4 Å². The number of carbonyl (C=O) groups is 2. The van der Waals surface area contributed by atoms with Crippen LogP contribution in [0.2, 0.25) is 0 Å². The van der Waals surface area contributed by atoms with Crippen LogP contribution >= 0.6 is 0 Å². The molecule has 1 saturated carbocycles. The molecule has 1 aromatic carbocycles. The van der Waals surface area contributed by atoms with Gasteiger partial charge in [-0.05, 0) is 30.5 Å². The molecule has 26 heavy (non-hydrogen) atoms. The highest BCUT2D eigenvalue weighted by Crippen LogP contribution is 2.28. The van der Waals surface area contributed by atoms with E-state index in [1.54, 1.807) is 14.2 Å². The summed E-state index contributed by atoms with van der Waals surface area (Å²) >= 11 is 0. The molecule has 2 rings (SSSR count). The van der Waals surface area contributed by atoms with Gasteiger partial charge in [-0.15, -0.1) is 0 Å². The van der Waals surface area contributed by atoms with E-state index in [2.05, 4.69) is 16.0 Å². The maximum atomic E-state index is 12.3. The molecule has 0 saturated heterocycles. The lowest BCUT2D eigenvalue weighted by Crippen LogP contribution is -2.60. The van der Waals surface area contributed by atoms with Crippen LogP contribution < -0.4 is 20.7 Å². The number of rotatable bonds is 8. The number of hydrogen-bond acceptors (Lipinski definition) is 4. The van der Waals surface area contributed by atoms with Gasteiger partial charge in [-0.2, -0.15) is 0 Å². The van der Waals surface area contributed by atoms with Crippen LogP contribution in [-0.4, -0.2) is 44.8 Å². The number of likely N-dealkylation sites (N-methyl/N-ethyl adjacent to an activating group) is 1. The van der Waals surface area contributed by atoms with E-state index < -0.39 is 5.54 Å². The lowest BCUT2D eigenvalue weighted by Gasteiger charge is -2.36. The van der Waals surface area contributed by atoms with Crippen molar-refractivity contribution in [1.29, 1.82) is 0 Å². The van der Waals surface area contributed by atoms with E-state index in [-0.39, 0.29) is 11.9 Å². The Balaban J connectivity index is 1.84. The van der Waals surface area contributed by atoms with Gasteiger partial charge in [0.25, 0.3) is 0 Å². The second-order valence-corrected chi connectivity index (χ2v) is 6.51. The number of hydrogen-bond donors (Lipinski definition) is 3. The van der Waals surface area contributed by atoms with E-state index in [1.807, 2.05) is 24.3 Å². The molecular formula is C19H29N3O4. The number of benzene rings is 1. The van der Waals surface area contributed by atoms with Gasteiger partial charge in [0.15, 0.2) is 0 Å². The molecule has 0 bridgehead atoms. The van der Waals surface area contributed by atoms with E-state index >= 15 is 0 Å². The van der Waals surface area contributed by atoms with Crippen molar-refractivity contribution in [1.82, 2.24) is 16.0 Å². The number of nitrogens with one attached hydrogen (secondary N) is 3. The molecule has 0 unspecified atom stereocenters. The average Bonchev–Trinajstić information content (AvgIpc) is 2.67. The Morgan fingerprint density at radius 1 is 1.08 bits per heavy atom. The molecule has 7 heteroatoms. The maximum Gasteiger partial charge on any atom is 0.315 e. The fraction of sp³-hybridized carbons (Fsp3) is 0.579. The SMILES string of the molecule is CNC(=O)C1(NC(=O)NCc2ccc(OCCOC)cc2)CCCCC1. The molecule has 0 radical (unpaired) electrons. The predicted octanol–water partition coefficient (Wildman–Crippen LogP) is 1.96. The third-order valence-electron chi connectivity index (χ3n) is 4.65. The van der Waals surface area contributed by atoms with Crippen molar-refractivity contribution in [3.8, 4) is 5.75 Å². The third-order valence-corrected chi connectivity index (χ3v) is 4.65.